The molecule has 1 saturated heterocycles. The second-order valence-corrected chi connectivity index (χ2v) is 6.63. The number of rotatable bonds is 2. The van der Waals surface area contributed by atoms with Gasteiger partial charge in [-0.2, -0.15) is 0 Å². The molecule has 120 valence electrons. The zero-order valence-electron chi connectivity index (χ0n) is 13.7. The van der Waals surface area contributed by atoms with Crippen LogP contribution in [0.3, 0.4) is 0 Å². The molecule has 2 aliphatic heterocycles. The third kappa shape index (κ3) is 2.93. The number of aryl methyl sites for hydroxylation is 1. The van der Waals surface area contributed by atoms with Crippen LogP contribution in [-0.2, 0) is 6.54 Å². The van der Waals surface area contributed by atoms with E-state index in [1.165, 1.54) is 16.8 Å². The molecular weight excluding hydrogens is 284 g/mol. The van der Waals surface area contributed by atoms with Crippen molar-refractivity contribution in [2.75, 3.05) is 31.1 Å². The van der Waals surface area contributed by atoms with Gasteiger partial charge < -0.3 is 9.64 Å². The van der Waals surface area contributed by atoms with Crippen LogP contribution in [-0.4, -0.2) is 37.2 Å². The number of benzene rings is 2. The van der Waals surface area contributed by atoms with Gasteiger partial charge in [0.15, 0.2) is 0 Å². The molecule has 3 nitrogen and oxygen atoms in total. The minimum Gasteiger partial charge on any atom is -0.491 e. The van der Waals surface area contributed by atoms with E-state index in [9.17, 15) is 0 Å². The lowest BCUT2D eigenvalue weighted by Gasteiger charge is -2.42. The number of anilines is 1. The van der Waals surface area contributed by atoms with Crippen molar-refractivity contribution in [3.63, 3.8) is 0 Å². The van der Waals surface area contributed by atoms with Gasteiger partial charge in [0.2, 0.25) is 0 Å². The zero-order valence-corrected chi connectivity index (χ0v) is 13.7. The summed E-state index contributed by atoms with van der Waals surface area (Å²) >= 11 is 0. The Morgan fingerprint density at radius 3 is 2.78 bits per heavy atom. The third-order valence-electron chi connectivity index (χ3n) is 5.01. The summed E-state index contributed by atoms with van der Waals surface area (Å²) in [6.45, 7) is 7.32. The van der Waals surface area contributed by atoms with Crippen LogP contribution in [0.25, 0.3) is 0 Å². The van der Waals surface area contributed by atoms with Crippen molar-refractivity contribution in [2.45, 2.75) is 25.9 Å². The van der Waals surface area contributed by atoms with Crippen LogP contribution in [0.5, 0.6) is 5.75 Å². The Morgan fingerprint density at radius 1 is 1.04 bits per heavy atom. The first-order valence-electron chi connectivity index (χ1n) is 8.56. The van der Waals surface area contributed by atoms with E-state index in [2.05, 4.69) is 65.3 Å². The summed E-state index contributed by atoms with van der Waals surface area (Å²) in [6.07, 6.45) is 1.10. The molecule has 0 bridgehead atoms. The number of hydrogen-bond acceptors (Lipinski definition) is 3. The Hall–Kier alpha value is -2.00. The van der Waals surface area contributed by atoms with E-state index in [0.29, 0.717) is 6.04 Å². The fraction of sp³-hybridized carbons (Fsp3) is 0.400. The lowest BCUT2D eigenvalue weighted by atomic mass is 10.1. The normalized spacial score (nSPS) is 21.1. The standard InChI is InChI=1S/C20H24N2O/c1-16-6-5-9-19-20(16)23-13-10-18-15-21(11-12-22(18)19)14-17-7-3-2-4-8-17/h2-9,18H,10-15H2,1H3/t18-/m0/s1. The molecule has 23 heavy (non-hydrogen) atoms. The Morgan fingerprint density at radius 2 is 1.91 bits per heavy atom. The molecule has 0 N–H and O–H groups in total. The molecular formula is C20H24N2O. The van der Waals surface area contributed by atoms with Gasteiger partial charge in [0, 0.05) is 38.6 Å². The minimum absolute atomic E-state index is 0.551. The molecule has 0 unspecified atom stereocenters. The van der Waals surface area contributed by atoms with Crippen molar-refractivity contribution >= 4 is 5.69 Å². The van der Waals surface area contributed by atoms with Gasteiger partial charge in [0.25, 0.3) is 0 Å². The maximum atomic E-state index is 6.06. The summed E-state index contributed by atoms with van der Waals surface area (Å²) in [5.74, 6) is 1.09. The molecule has 0 spiro atoms. The second-order valence-electron chi connectivity index (χ2n) is 6.63. The van der Waals surface area contributed by atoms with Gasteiger partial charge in [-0.3, -0.25) is 4.90 Å². The maximum absolute atomic E-state index is 6.06. The summed E-state index contributed by atoms with van der Waals surface area (Å²) in [5, 5.41) is 0. The van der Waals surface area contributed by atoms with Crippen molar-refractivity contribution in [3.05, 3.63) is 59.7 Å². The molecule has 3 heteroatoms. The maximum Gasteiger partial charge on any atom is 0.145 e. The Balaban J connectivity index is 1.52. The van der Waals surface area contributed by atoms with Crippen LogP contribution in [0.2, 0.25) is 0 Å². The highest BCUT2D eigenvalue weighted by Gasteiger charge is 2.31. The van der Waals surface area contributed by atoms with Gasteiger partial charge in [0.1, 0.15) is 5.75 Å². The van der Waals surface area contributed by atoms with E-state index in [0.717, 1.165) is 45.0 Å². The van der Waals surface area contributed by atoms with Crippen LogP contribution in [0.1, 0.15) is 17.5 Å². The molecule has 0 amide bonds. The average Bonchev–Trinajstić information content (AvgIpc) is 2.76. The molecule has 2 aromatic rings. The fourth-order valence-electron chi connectivity index (χ4n) is 3.82. The predicted octanol–water partition coefficient (Wildman–Crippen LogP) is 3.47. The van der Waals surface area contributed by atoms with E-state index in [1.807, 2.05) is 0 Å². The average molecular weight is 308 g/mol. The molecule has 2 aliphatic rings. The van der Waals surface area contributed by atoms with E-state index >= 15 is 0 Å². The van der Waals surface area contributed by atoms with Gasteiger partial charge in [0.05, 0.1) is 12.3 Å². The SMILES string of the molecule is Cc1cccc2c1OCC[C@H]1CN(Cc3ccccc3)CCN21. The number of para-hydroxylation sites is 1. The van der Waals surface area contributed by atoms with Crippen LogP contribution in [0.4, 0.5) is 5.69 Å². The Labute approximate surface area is 138 Å². The highest BCUT2D eigenvalue weighted by Crippen LogP contribution is 2.37. The molecule has 2 heterocycles. The highest BCUT2D eigenvalue weighted by atomic mass is 16.5. The van der Waals surface area contributed by atoms with Crippen LogP contribution in [0.15, 0.2) is 48.5 Å². The summed E-state index contributed by atoms with van der Waals surface area (Å²) in [5.41, 5.74) is 3.93. The van der Waals surface area contributed by atoms with E-state index in [4.69, 9.17) is 4.74 Å². The smallest absolute Gasteiger partial charge is 0.145 e. The van der Waals surface area contributed by atoms with Crippen molar-refractivity contribution in [1.29, 1.82) is 0 Å². The fourth-order valence-corrected chi connectivity index (χ4v) is 3.82. The van der Waals surface area contributed by atoms with Crippen molar-refractivity contribution < 1.29 is 4.74 Å². The predicted molar refractivity (Wildman–Crippen MR) is 94.1 cm³/mol. The summed E-state index contributed by atoms with van der Waals surface area (Å²) in [7, 11) is 0. The molecule has 2 aromatic carbocycles. The lowest BCUT2D eigenvalue weighted by Crippen LogP contribution is -2.52. The zero-order chi connectivity index (χ0) is 15.6. The van der Waals surface area contributed by atoms with E-state index in [-0.39, 0.29) is 0 Å². The molecule has 4 rings (SSSR count). The summed E-state index contributed by atoms with van der Waals surface area (Å²) in [6, 6.07) is 17.9. The largest absolute Gasteiger partial charge is 0.491 e. The first kappa shape index (κ1) is 14.6. The molecule has 0 saturated carbocycles. The second kappa shape index (κ2) is 6.25. The van der Waals surface area contributed by atoms with Crippen molar-refractivity contribution in [1.82, 2.24) is 4.90 Å². The highest BCUT2D eigenvalue weighted by molar-refractivity contribution is 5.63. The summed E-state index contributed by atoms with van der Waals surface area (Å²) < 4.78 is 6.06. The van der Waals surface area contributed by atoms with Gasteiger partial charge in [-0.25, -0.2) is 0 Å². The van der Waals surface area contributed by atoms with Gasteiger partial charge in [-0.15, -0.1) is 0 Å². The first-order chi connectivity index (χ1) is 11.3. The van der Waals surface area contributed by atoms with E-state index in [1.54, 1.807) is 0 Å². The molecule has 0 radical (unpaired) electrons. The monoisotopic (exact) mass is 308 g/mol. The number of hydrogen-bond donors (Lipinski definition) is 0. The molecule has 0 aliphatic carbocycles. The summed E-state index contributed by atoms with van der Waals surface area (Å²) in [4.78, 5) is 5.15. The van der Waals surface area contributed by atoms with Gasteiger partial charge in [-0.05, 0) is 24.1 Å². The van der Waals surface area contributed by atoms with Gasteiger partial charge >= 0.3 is 0 Å². The number of ether oxygens (including phenoxy) is 1. The molecule has 0 aromatic heterocycles. The van der Waals surface area contributed by atoms with E-state index < -0.39 is 0 Å². The topological polar surface area (TPSA) is 15.7 Å². The first-order valence-corrected chi connectivity index (χ1v) is 8.56. The minimum atomic E-state index is 0.551. The third-order valence-corrected chi connectivity index (χ3v) is 5.01. The number of piperazine rings is 1. The van der Waals surface area contributed by atoms with Crippen molar-refractivity contribution in [2.24, 2.45) is 0 Å². The Bertz CT molecular complexity index is 671. The van der Waals surface area contributed by atoms with Crippen LogP contribution in [0, 0.1) is 6.92 Å². The lowest BCUT2D eigenvalue weighted by molar-refractivity contribution is 0.202. The number of fused-ring (bicyclic) bond motifs is 3. The van der Waals surface area contributed by atoms with Crippen LogP contribution >= 0.6 is 0 Å². The number of nitrogens with zero attached hydrogens (tertiary/aromatic N) is 2. The molecule has 1 atom stereocenters. The van der Waals surface area contributed by atoms with Crippen LogP contribution < -0.4 is 9.64 Å². The quantitative estimate of drug-likeness (QED) is 0.845. The van der Waals surface area contributed by atoms with Gasteiger partial charge in [-0.1, -0.05) is 42.5 Å². The Kier molecular flexibility index (Phi) is 3.96. The molecule has 1 fully saturated rings. The van der Waals surface area contributed by atoms with Crippen molar-refractivity contribution in [3.8, 4) is 5.75 Å².